The summed E-state index contributed by atoms with van der Waals surface area (Å²) in [7, 11) is 0. The highest BCUT2D eigenvalue weighted by molar-refractivity contribution is 5.71. The molecule has 326 valence electrons. The molecule has 0 N–H and O–H groups in total. The SMILES string of the molecule is CCCCCCCCCCCCCCC(=O)OC[C@@H](COC(=O)CCCCCCCCCCCCCCC(C)C)OC(=O)CCCCCCCCC(C)CC. The van der Waals surface area contributed by atoms with Crippen molar-refractivity contribution in [1.29, 1.82) is 0 Å². The largest absolute Gasteiger partial charge is 0.462 e. The molecule has 55 heavy (non-hydrogen) atoms. The first-order valence-electron chi connectivity index (χ1n) is 24.3. The maximum absolute atomic E-state index is 12.7. The molecule has 0 rings (SSSR count). The van der Waals surface area contributed by atoms with E-state index in [-0.39, 0.29) is 31.1 Å². The fourth-order valence-corrected chi connectivity index (χ4v) is 7.25. The number of carbonyl (C=O) groups is 3. The van der Waals surface area contributed by atoms with Gasteiger partial charge in [-0.15, -0.1) is 0 Å². The fraction of sp³-hybridized carbons (Fsp3) is 0.939. The van der Waals surface area contributed by atoms with Crippen molar-refractivity contribution in [3.05, 3.63) is 0 Å². The van der Waals surface area contributed by atoms with Crippen molar-refractivity contribution in [2.75, 3.05) is 13.2 Å². The minimum Gasteiger partial charge on any atom is -0.462 e. The second-order valence-electron chi connectivity index (χ2n) is 17.5. The smallest absolute Gasteiger partial charge is 0.306 e. The van der Waals surface area contributed by atoms with E-state index in [1.807, 2.05) is 0 Å². The number of unbranched alkanes of at least 4 members (excludes halogenated alkanes) is 27. The van der Waals surface area contributed by atoms with Crippen LogP contribution in [0.5, 0.6) is 0 Å². The summed E-state index contributed by atoms with van der Waals surface area (Å²) < 4.78 is 16.7. The third kappa shape index (κ3) is 41.9. The summed E-state index contributed by atoms with van der Waals surface area (Å²) in [6.45, 7) is 11.3. The van der Waals surface area contributed by atoms with Crippen LogP contribution >= 0.6 is 0 Å². The van der Waals surface area contributed by atoms with Gasteiger partial charge in [-0.25, -0.2) is 0 Å². The van der Waals surface area contributed by atoms with Crippen molar-refractivity contribution in [3.8, 4) is 0 Å². The van der Waals surface area contributed by atoms with Gasteiger partial charge in [0.15, 0.2) is 6.10 Å². The van der Waals surface area contributed by atoms with Gasteiger partial charge < -0.3 is 14.2 Å². The van der Waals surface area contributed by atoms with Crippen molar-refractivity contribution in [2.45, 2.75) is 272 Å². The zero-order valence-electron chi connectivity index (χ0n) is 37.6. The van der Waals surface area contributed by atoms with Crippen LogP contribution < -0.4 is 0 Å². The monoisotopic (exact) mass is 779 g/mol. The molecule has 0 heterocycles. The Labute approximate surface area is 342 Å². The van der Waals surface area contributed by atoms with Gasteiger partial charge in [-0.2, -0.15) is 0 Å². The van der Waals surface area contributed by atoms with E-state index < -0.39 is 6.10 Å². The Hall–Kier alpha value is -1.59. The Morgan fingerprint density at radius 1 is 0.382 bits per heavy atom. The average Bonchev–Trinajstić information content (AvgIpc) is 3.17. The summed E-state index contributed by atoms with van der Waals surface area (Å²) in [4.78, 5) is 37.8. The van der Waals surface area contributed by atoms with E-state index in [1.165, 1.54) is 154 Å². The maximum Gasteiger partial charge on any atom is 0.306 e. The molecule has 0 aromatic heterocycles. The normalized spacial score (nSPS) is 12.5. The lowest BCUT2D eigenvalue weighted by Crippen LogP contribution is -2.30. The Balaban J connectivity index is 4.30. The number of hydrogen-bond donors (Lipinski definition) is 0. The van der Waals surface area contributed by atoms with E-state index in [0.717, 1.165) is 69.6 Å². The van der Waals surface area contributed by atoms with Gasteiger partial charge in [-0.1, -0.05) is 227 Å². The van der Waals surface area contributed by atoms with Crippen LogP contribution in [0.3, 0.4) is 0 Å². The van der Waals surface area contributed by atoms with Crippen molar-refractivity contribution >= 4 is 17.9 Å². The van der Waals surface area contributed by atoms with Crippen LogP contribution in [0.2, 0.25) is 0 Å². The van der Waals surface area contributed by atoms with Crippen LogP contribution in [0.25, 0.3) is 0 Å². The van der Waals surface area contributed by atoms with Crippen molar-refractivity contribution in [3.63, 3.8) is 0 Å². The van der Waals surface area contributed by atoms with Gasteiger partial charge in [-0.05, 0) is 31.1 Å². The quantitative estimate of drug-likeness (QED) is 0.0348. The third-order valence-electron chi connectivity index (χ3n) is 11.3. The summed E-state index contributed by atoms with van der Waals surface area (Å²) in [5.41, 5.74) is 0. The van der Waals surface area contributed by atoms with E-state index in [1.54, 1.807) is 0 Å². The Bertz CT molecular complexity index is 841. The van der Waals surface area contributed by atoms with Crippen molar-refractivity contribution in [2.24, 2.45) is 11.8 Å². The van der Waals surface area contributed by atoms with Gasteiger partial charge in [0.2, 0.25) is 0 Å². The van der Waals surface area contributed by atoms with Crippen LogP contribution in [0.4, 0.5) is 0 Å². The van der Waals surface area contributed by atoms with Gasteiger partial charge in [0, 0.05) is 19.3 Å². The Morgan fingerprint density at radius 3 is 1.04 bits per heavy atom. The molecule has 0 aromatic carbocycles. The lowest BCUT2D eigenvalue weighted by atomic mass is 10.00. The van der Waals surface area contributed by atoms with E-state index in [4.69, 9.17) is 14.2 Å². The van der Waals surface area contributed by atoms with Crippen LogP contribution in [0.15, 0.2) is 0 Å². The Morgan fingerprint density at radius 2 is 0.691 bits per heavy atom. The number of hydrogen-bond acceptors (Lipinski definition) is 6. The van der Waals surface area contributed by atoms with E-state index in [2.05, 4.69) is 34.6 Å². The average molecular weight is 779 g/mol. The third-order valence-corrected chi connectivity index (χ3v) is 11.3. The van der Waals surface area contributed by atoms with Crippen LogP contribution in [-0.2, 0) is 28.6 Å². The predicted molar refractivity (Wildman–Crippen MR) is 233 cm³/mol. The summed E-state index contributed by atoms with van der Waals surface area (Å²) in [6.07, 6.45) is 40.9. The first-order valence-corrected chi connectivity index (χ1v) is 24.3. The molecule has 0 saturated carbocycles. The number of esters is 3. The van der Waals surface area contributed by atoms with Gasteiger partial charge in [0.25, 0.3) is 0 Å². The zero-order chi connectivity index (χ0) is 40.5. The highest BCUT2D eigenvalue weighted by Crippen LogP contribution is 2.17. The van der Waals surface area contributed by atoms with Gasteiger partial charge in [0.05, 0.1) is 0 Å². The van der Waals surface area contributed by atoms with Crippen LogP contribution in [0.1, 0.15) is 266 Å². The minimum atomic E-state index is -0.761. The lowest BCUT2D eigenvalue weighted by Gasteiger charge is -2.18. The molecule has 0 amide bonds. The zero-order valence-corrected chi connectivity index (χ0v) is 37.6. The molecule has 0 saturated heterocycles. The van der Waals surface area contributed by atoms with Crippen molar-refractivity contribution < 1.29 is 28.6 Å². The molecule has 2 atom stereocenters. The summed E-state index contributed by atoms with van der Waals surface area (Å²) in [5.74, 6) is 0.788. The van der Waals surface area contributed by atoms with Gasteiger partial charge >= 0.3 is 17.9 Å². The summed E-state index contributed by atoms with van der Waals surface area (Å²) >= 11 is 0. The molecule has 0 fully saturated rings. The Kier molecular flexibility index (Phi) is 40.8. The van der Waals surface area contributed by atoms with E-state index >= 15 is 0 Å². The van der Waals surface area contributed by atoms with Crippen LogP contribution in [-0.4, -0.2) is 37.2 Å². The topological polar surface area (TPSA) is 78.9 Å². The minimum absolute atomic E-state index is 0.0651. The fourth-order valence-electron chi connectivity index (χ4n) is 7.25. The summed E-state index contributed by atoms with van der Waals surface area (Å²) in [6, 6.07) is 0. The molecule has 0 aliphatic heterocycles. The molecule has 6 nitrogen and oxygen atoms in total. The standard InChI is InChI=1S/C49H94O6/c1-6-8-9-10-11-12-13-17-20-23-29-34-39-47(50)53-42-46(55-49(52)41-36-31-26-25-28-33-38-45(5)7-2)43-54-48(51)40-35-30-24-21-18-15-14-16-19-22-27-32-37-44(3)4/h44-46H,6-43H2,1-5H3/t45?,46-/m0/s1. The molecule has 0 bridgehead atoms. The molecule has 0 aromatic rings. The molecular weight excluding hydrogens is 685 g/mol. The first-order chi connectivity index (χ1) is 26.8. The predicted octanol–water partition coefficient (Wildman–Crippen LogP) is 15.4. The van der Waals surface area contributed by atoms with E-state index in [9.17, 15) is 14.4 Å². The number of ether oxygens (including phenoxy) is 3. The maximum atomic E-state index is 12.7. The first kappa shape index (κ1) is 53.4. The highest BCUT2D eigenvalue weighted by atomic mass is 16.6. The van der Waals surface area contributed by atoms with Crippen molar-refractivity contribution in [1.82, 2.24) is 0 Å². The molecule has 1 unspecified atom stereocenters. The second-order valence-corrected chi connectivity index (χ2v) is 17.5. The summed E-state index contributed by atoms with van der Waals surface area (Å²) in [5, 5.41) is 0. The molecule has 0 spiro atoms. The number of rotatable bonds is 43. The van der Waals surface area contributed by atoms with E-state index in [0.29, 0.717) is 19.3 Å². The molecule has 6 heteroatoms. The molecular formula is C49H94O6. The van der Waals surface area contributed by atoms with Crippen LogP contribution in [0, 0.1) is 11.8 Å². The van der Waals surface area contributed by atoms with Gasteiger partial charge in [0.1, 0.15) is 13.2 Å². The molecule has 0 aliphatic carbocycles. The highest BCUT2D eigenvalue weighted by Gasteiger charge is 2.19. The lowest BCUT2D eigenvalue weighted by molar-refractivity contribution is -0.167. The number of carbonyl (C=O) groups excluding carboxylic acids is 3. The van der Waals surface area contributed by atoms with Gasteiger partial charge in [-0.3, -0.25) is 14.4 Å². The second kappa shape index (κ2) is 42.0. The molecule has 0 radical (unpaired) electrons. The molecule has 0 aliphatic rings.